The smallest absolute Gasteiger partial charge is 0.256 e. The number of benzene rings is 2. The number of aromatic nitrogens is 2. The molecule has 3 N–H and O–H groups in total. The number of sulfonamides is 1. The number of alkyl halides is 2. The Morgan fingerprint density at radius 2 is 1.33 bits per heavy atom. The summed E-state index contributed by atoms with van der Waals surface area (Å²) in [5.41, 5.74) is 4.25. The van der Waals surface area contributed by atoms with Crippen LogP contribution in [0.15, 0.2) is 48.5 Å². The second-order valence-corrected chi connectivity index (χ2v) is 27.5. The van der Waals surface area contributed by atoms with E-state index in [2.05, 4.69) is 57.2 Å². The average Bonchev–Trinajstić information content (AvgIpc) is 1.43. The van der Waals surface area contributed by atoms with E-state index < -0.39 is 63.2 Å². The number of likely N-dealkylation sites (tertiary alicyclic amines) is 1. The predicted octanol–water partition coefficient (Wildman–Crippen LogP) is 7.20. The maximum absolute atomic E-state index is 14.8. The Morgan fingerprint density at radius 1 is 0.733 bits per heavy atom. The van der Waals surface area contributed by atoms with Gasteiger partial charge in [-0.3, -0.25) is 38.3 Å². The summed E-state index contributed by atoms with van der Waals surface area (Å²) >= 11 is 6.89. The summed E-state index contributed by atoms with van der Waals surface area (Å²) in [6.07, 6.45) is 2.21. The Morgan fingerprint density at radius 3 is 1.90 bits per heavy atom. The van der Waals surface area contributed by atoms with Crippen LogP contribution in [0.25, 0.3) is 11.0 Å². The predicted molar refractivity (Wildman–Crippen MR) is 351 cm³/mol. The second-order valence-electron chi connectivity index (χ2n) is 24.5. The highest BCUT2D eigenvalue weighted by molar-refractivity contribution is 9.09. The molecular formula is C65H98Br2N8O14S. The fraction of sp³-hybridized carbons (Fsp3) is 0.677. The molecule has 1 aliphatic carbocycles. The topological polar surface area (TPSA) is 271 Å². The molecule has 25 heteroatoms. The van der Waals surface area contributed by atoms with E-state index in [0.717, 1.165) is 17.0 Å². The van der Waals surface area contributed by atoms with Gasteiger partial charge in [0.15, 0.2) is 5.78 Å². The number of carbonyl (C=O) groups excluding carboxylic acids is 7. The molecule has 1 aliphatic heterocycles. The number of hydrogen-bond acceptors (Lipinski definition) is 16. The lowest BCUT2D eigenvalue weighted by Crippen LogP contribution is -2.54. The number of hydrogen-bond donors (Lipinski definition) is 3. The van der Waals surface area contributed by atoms with Crippen molar-refractivity contribution >= 4 is 94.1 Å². The lowest BCUT2D eigenvalue weighted by molar-refractivity contribution is -0.149. The number of Topliss-reactive ketones (excluding diaryl/α,β-unsaturated/α-hetero) is 1. The maximum Gasteiger partial charge on any atom is 0.256 e. The van der Waals surface area contributed by atoms with Crippen LogP contribution in [0.1, 0.15) is 134 Å². The van der Waals surface area contributed by atoms with Gasteiger partial charge < -0.3 is 49.0 Å². The molecule has 9 atom stereocenters. The zero-order valence-corrected chi connectivity index (χ0v) is 58.5. The van der Waals surface area contributed by atoms with Crippen molar-refractivity contribution in [2.75, 3.05) is 87.1 Å². The molecule has 2 aliphatic rings. The molecule has 6 amide bonds. The molecule has 502 valence electrons. The fourth-order valence-electron chi connectivity index (χ4n) is 11.6. The van der Waals surface area contributed by atoms with E-state index in [9.17, 15) is 42.0 Å². The van der Waals surface area contributed by atoms with Crippen LogP contribution in [-0.4, -0.2) is 197 Å². The monoisotopic (exact) mass is 1400 g/mol. The molecule has 3 aromatic rings. The van der Waals surface area contributed by atoms with Gasteiger partial charge in [0.2, 0.25) is 33.7 Å². The second kappa shape index (κ2) is 37.6. The number of likely N-dealkylation sites (N-methyl/N-ethyl adjacent to an activating group) is 2. The molecule has 2 aromatic carbocycles. The van der Waals surface area contributed by atoms with Crippen molar-refractivity contribution in [3.8, 4) is 0 Å². The van der Waals surface area contributed by atoms with Crippen LogP contribution in [0.4, 0.5) is 0 Å². The van der Waals surface area contributed by atoms with E-state index >= 15 is 0 Å². The summed E-state index contributed by atoms with van der Waals surface area (Å²) in [6, 6.07) is 11.5. The van der Waals surface area contributed by atoms with Crippen LogP contribution in [0, 0.1) is 35.5 Å². The minimum atomic E-state index is -3.87. The third-order valence-electron chi connectivity index (χ3n) is 17.4. The zero-order valence-electron chi connectivity index (χ0n) is 54.5. The van der Waals surface area contributed by atoms with Gasteiger partial charge >= 0.3 is 0 Å². The first-order valence-corrected chi connectivity index (χ1v) is 35.5. The van der Waals surface area contributed by atoms with Gasteiger partial charge in [0.25, 0.3) is 11.8 Å². The van der Waals surface area contributed by atoms with Crippen LogP contribution in [0.2, 0.25) is 0 Å². The Labute approximate surface area is 549 Å². The average molecular weight is 1410 g/mol. The number of methoxy groups -OCH3 is 1. The van der Waals surface area contributed by atoms with Crippen molar-refractivity contribution < 1.29 is 65.7 Å². The van der Waals surface area contributed by atoms with Crippen molar-refractivity contribution in [2.45, 2.75) is 159 Å². The van der Waals surface area contributed by atoms with Gasteiger partial charge in [-0.25, -0.2) is 18.4 Å². The molecule has 0 spiro atoms. The Balaban J connectivity index is 1.04. The molecule has 2 heterocycles. The number of ether oxygens (including phenoxy) is 5. The third kappa shape index (κ3) is 22.3. The van der Waals surface area contributed by atoms with Crippen LogP contribution in [0.5, 0.6) is 0 Å². The molecule has 1 aromatic heterocycles. The number of carbonyl (C=O) groups is 7. The van der Waals surface area contributed by atoms with E-state index in [1.54, 1.807) is 73.3 Å². The Bertz CT molecular complexity index is 2940. The van der Waals surface area contributed by atoms with Crippen LogP contribution in [0.3, 0.4) is 0 Å². The van der Waals surface area contributed by atoms with Crippen molar-refractivity contribution in [2.24, 2.45) is 35.5 Å². The van der Waals surface area contributed by atoms with Gasteiger partial charge in [0.05, 0.1) is 112 Å². The van der Waals surface area contributed by atoms with E-state index in [1.807, 2.05) is 54.5 Å². The molecular weight excluding hydrogens is 1310 g/mol. The molecule has 0 radical (unpaired) electrons. The number of rotatable bonds is 41. The van der Waals surface area contributed by atoms with Gasteiger partial charge in [-0.1, -0.05) is 124 Å². The van der Waals surface area contributed by atoms with Crippen molar-refractivity contribution in [1.29, 1.82) is 0 Å². The number of nitrogens with one attached hydrogen (secondary N) is 3. The van der Waals surface area contributed by atoms with Crippen LogP contribution < -0.4 is 15.4 Å². The summed E-state index contributed by atoms with van der Waals surface area (Å²) in [6.45, 7) is 18.3. The van der Waals surface area contributed by atoms with E-state index in [4.69, 9.17) is 23.7 Å². The molecule has 1 saturated carbocycles. The number of ketones is 1. The summed E-state index contributed by atoms with van der Waals surface area (Å²) < 4.78 is 56.4. The minimum absolute atomic E-state index is 0.0373. The fourth-order valence-corrected chi connectivity index (χ4v) is 13.8. The zero-order chi connectivity index (χ0) is 66.2. The number of nitrogens with zero attached hydrogens (tertiary/aromatic N) is 5. The van der Waals surface area contributed by atoms with Gasteiger partial charge in [0, 0.05) is 81.2 Å². The molecule has 5 rings (SSSR count). The van der Waals surface area contributed by atoms with Gasteiger partial charge in [-0.15, -0.1) is 0 Å². The standard InChI is InChI=1S/C65H98Br2N8O14S/c1-12-43(6)61(57(85-11)38-59(78)75-26-16-19-55(75)44(7)45(8)62(79)71-52(35-46-17-14-13-15-18-46)64(81)72-90(83,84)48-21-22-48)74(10)65(82)49(41(2)3)37-56(76)60(42(4)5)73(9)58(77)24-27-86-29-31-88-33-34-89-32-30-87-28-25-68-63(80)47-20-23-50-51(36-47)70-54(40-67)53(39-66)69-50/h13-15,17-18,20,23,36,41-45,48-49,52,55,57,60-61H,12,16,19,21-22,24-35,37-40H2,1-11H3,(H,68,80)(H,71,79)(H,72,81)/t43-,44+,45+,49-,52-,55-,57+,60-,61-/m0/s1. The van der Waals surface area contributed by atoms with Crippen molar-refractivity contribution in [3.63, 3.8) is 0 Å². The molecule has 22 nitrogen and oxygen atoms in total. The van der Waals surface area contributed by atoms with Crippen LogP contribution in [-0.2, 0) is 79.6 Å². The highest BCUT2D eigenvalue weighted by atomic mass is 79.9. The summed E-state index contributed by atoms with van der Waals surface area (Å²) in [4.78, 5) is 112. The normalized spacial score (nSPS) is 17.1. The van der Waals surface area contributed by atoms with E-state index in [-0.39, 0.29) is 105 Å². The Kier molecular flexibility index (Phi) is 31.6. The first-order chi connectivity index (χ1) is 42.9. The highest BCUT2D eigenvalue weighted by Gasteiger charge is 2.44. The molecule has 2 fully saturated rings. The number of fused-ring (bicyclic) bond motifs is 1. The lowest BCUT2D eigenvalue weighted by atomic mass is 9.83. The van der Waals surface area contributed by atoms with Crippen molar-refractivity contribution in [3.05, 3.63) is 71.0 Å². The quantitative estimate of drug-likeness (QED) is 0.0374. The summed E-state index contributed by atoms with van der Waals surface area (Å²) in [7, 11) is 0.966. The molecule has 0 bridgehead atoms. The minimum Gasteiger partial charge on any atom is -0.379 e. The lowest BCUT2D eigenvalue weighted by Gasteiger charge is -2.41. The largest absolute Gasteiger partial charge is 0.379 e. The van der Waals surface area contributed by atoms with Gasteiger partial charge in [0.1, 0.15) is 6.04 Å². The first kappa shape index (κ1) is 75.7. The summed E-state index contributed by atoms with van der Waals surface area (Å²) in [5.74, 6) is -4.80. The molecule has 0 unspecified atom stereocenters. The SMILES string of the molecule is CC[C@H](C)[C@@H]([C@@H](CC(=O)N1CCC[C@H]1[C@H](C)[C@@H](C)C(=O)N[C@@H](Cc1ccccc1)C(=O)NS(=O)(=O)C1CC1)OC)N(C)C(=O)[C@@H](CC(=O)[C@H](C(C)C)N(C)C(=O)CCOCCOCCOCCOCCNC(=O)c1ccc2nc(CBr)c(CBr)nc2c1)C(C)C. The molecule has 90 heavy (non-hydrogen) atoms. The summed E-state index contributed by atoms with van der Waals surface area (Å²) in [5, 5.41) is 6.22. The number of amides is 6. The molecule has 1 saturated heterocycles. The third-order valence-corrected chi connectivity index (χ3v) is 20.3. The highest BCUT2D eigenvalue weighted by Crippen LogP contribution is 2.33. The van der Waals surface area contributed by atoms with Gasteiger partial charge in [-0.2, -0.15) is 0 Å². The van der Waals surface area contributed by atoms with E-state index in [1.165, 1.54) is 12.0 Å². The Hall–Kier alpha value is -5.02. The van der Waals surface area contributed by atoms with E-state index in [0.29, 0.717) is 105 Å². The van der Waals surface area contributed by atoms with Crippen LogP contribution >= 0.6 is 31.9 Å². The first-order valence-electron chi connectivity index (χ1n) is 31.7. The van der Waals surface area contributed by atoms with Gasteiger partial charge in [-0.05, 0) is 73.1 Å². The number of halogens is 2. The van der Waals surface area contributed by atoms with Crippen molar-refractivity contribution in [1.82, 2.24) is 40.0 Å². The maximum atomic E-state index is 14.8.